The van der Waals surface area contributed by atoms with Crippen LogP contribution >= 0.6 is 11.6 Å². The molecule has 4 nitrogen and oxygen atoms in total. The van der Waals surface area contributed by atoms with Gasteiger partial charge in [-0.15, -0.1) is 0 Å². The largest absolute Gasteiger partial charge is 0.341 e. The third-order valence-electron chi connectivity index (χ3n) is 4.97. The molecule has 2 fully saturated rings. The second-order valence-corrected chi connectivity index (χ2v) is 7.33. The molecule has 4 rings (SSSR count). The second kappa shape index (κ2) is 5.85. The van der Waals surface area contributed by atoms with Crippen LogP contribution in [0.25, 0.3) is 0 Å². The van der Waals surface area contributed by atoms with Crippen LogP contribution in [-0.2, 0) is 4.79 Å². The molecule has 5 heteroatoms. The molecular weight excluding hydrogens is 322 g/mol. The molecule has 0 bridgehead atoms. The van der Waals surface area contributed by atoms with Crippen LogP contribution in [0.3, 0.4) is 0 Å². The van der Waals surface area contributed by atoms with E-state index in [-0.39, 0.29) is 23.7 Å². The summed E-state index contributed by atoms with van der Waals surface area (Å²) < 4.78 is 0. The van der Waals surface area contributed by atoms with E-state index in [0.29, 0.717) is 0 Å². The molecule has 24 heavy (non-hydrogen) atoms. The first-order chi connectivity index (χ1) is 11.5. The van der Waals surface area contributed by atoms with E-state index < -0.39 is 0 Å². The molecule has 1 aliphatic heterocycles. The highest BCUT2D eigenvalue weighted by atomic mass is 35.5. The summed E-state index contributed by atoms with van der Waals surface area (Å²) in [6.45, 7) is 5.43. The third kappa shape index (κ3) is 2.80. The van der Waals surface area contributed by atoms with Crippen molar-refractivity contribution in [1.82, 2.24) is 14.9 Å². The Bertz CT molecular complexity index is 781. The van der Waals surface area contributed by atoms with E-state index in [1.54, 1.807) is 0 Å². The zero-order chi connectivity index (χ0) is 16.8. The second-order valence-electron chi connectivity index (χ2n) is 6.92. The number of likely N-dealkylation sites (tertiary alicyclic amines) is 1. The minimum Gasteiger partial charge on any atom is -0.341 e. The molecule has 0 spiro atoms. The quantitative estimate of drug-likeness (QED) is 0.858. The number of carbonyl (C=O) groups is 1. The van der Waals surface area contributed by atoms with E-state index in [4.69, 9.17) is 11.6 Å². The lowest BCUT2D eigenvalue weighted by Gasteiger charge is -2.38. The summed E-state index contributed by atoms with van der Waals surface area (Å²) in [5.74, 6) is 1.76. The van der Waals surface area contributed by atoms with Gasteiger partial charge in [-0.3, -0.25) is 4.79 Å². The standard InChI is InChI=1S/C19H20ClN3O/c1-11-7-12(2)22-18(21-11)13-9-23(10-13)19(24)16-8-15(16)14-5-3-4-6-17(14)20/h3-7,13,15-16H,8-10H2,1-2H3/t15-,16+/m0/s1. The van der Waals surface area contributed by atoms with Crippen LogP contribution in [0.4, 0.5) is 0 Å². The Kier molecular flexibility index (Phi) is 3.80. The molecule has 124 valence electrons. The van der Waals surface area contributed by atoms with Crippen molar-refractivity contribution >= 4 is 17.5 Å². The number of carbonyl (C=O) groups excluding carboxylic acids is 1. The Morgan fingerprint density at radius 3 is 2.50 bits per heavy atom. The topological polar surface area (TPSA) is 46.1 Å². The Balaban J connectivity index is 1.38. The van der Waals surface area contributed by atoms with Crippen LogP contribution in [0.2, 0.25) is 5.02 Å². The van der Waals surface area contributed by atoms with Gasteiger partial charge in [0.1, 0.15) is 5.82 Å². The maximum absolute atomic E-state index is 12.6. The van der Waals surface area contributed by atoms with Crippen molar-refractivity contribution in [3.8, 4) is 0 Å². The summed E-state index contributed by atoms with van der Waals surface area (Å²) >= 11 is 6.25. The summed E-state index contributed by atoms with van der Waals surface area (Å²) in [5.41, 5.74) is 3.08. The summed E-state index contributed by atoms with van der Waals surface area (Å²) in [6.07, 6.45) is 0.907. The maximum atomic E-state index is 12.6. The molecule has 1 saturated carbocycles. The first-order valence-electron chi connectivity index (χ1n) is 8.38. The Morgan fingerprint density at radius 1 is 1.17 bits per heavy atom. The average molecular weight is 342 g/mol. The lowest BCUT2D eigenvalue weighted by Crippen LogP contribution is -2.49. The smallest absolute Gasteiger partial charge is 0.226 e. The van der Waals surface area contributed by atoms with E-state index in [9.17, 15) is 4.79 Å². The van der Waals surface area contributed by atoms with Crippen LogP contribution in [-0.4, -0.2) is 33.9 Å². The number of amides is 1. The number of aromatic nitrogens is 2. The number of rotatable bonds is 3. The molecule has 1 aromatic carbocycles. The number of hydrogen-bond acceptors (Lipinski definition) is 3. The number of nitrogens with zero attached hydrogens (tertiary/aromatic N) is 3. The lowest BCUT2D eigenvalue weighted by molar-refractivity contribution is -0.137. The van der Waals surface area contributed by atoms with Crippen molar-refractivity contribution < 1.29 is 4.79 Å². The van der Waals surface area contributed by atoms with E-state index in [2.05, 4.69) is 9.97 Å². The van der Waals surface area contributed by atoms with E-state index >= 15 is 0 Å². The molecular formula is C19H20ClN3O. The van der Waals surface area contributed by atoms with Crippen LogP contribution in [0, 0.1) is 19.8 Å². The molecule has 1 aromatic heterocycles. The van der Waals surface area contributed by atoms with Crippen molar-refractivity contribution in [3.05, 3.63) is 58.1 Å². The molecule has 1 amide bonds. The predicted octanol–water partition coefficient (Wildman–Crippen LogP) is 3.48. The van der Waals surface area contributed by atoms with Crippen LogP contribution < -0.4 is 0 Å². The minimum atomic E-state index is 0.0889. The van der Waals surface area contributed by atoms with Gasteiger partial charge in [0.15, 0.2) is 0 Å². The number of benzene rings is 1. The lowest BCUT2D eigenvalue weighted by atomic mass is 9.97. The molecule has 1 saturated heterocycles. The molecule has 2 atom stereocenters. The van der Waals surface area contributed by atoms with Gasteiger partial charge >= 0.3 is 0 Å². The van der Waals surface area contributed by atoms with Crippen molar-refractivity contribution in [1.29, 1.82) is 0 Å². The van der Waals surface area contributed by atoms with Gasteiger partial charge in [-0.05, 0) is 43.9 Å². The summed E-state index contributed by atoms with van der Waals surface area (Å²) in [7, 11) is 0. The fourth-order valence-electron chi connectivity index (χ4n) is 3.58. The first kappa shape index (κ1) is 15.6. The van der Waals surface area contributed by atoms with E-state index in [0.717, 1.165) is 47.3 Å². The number of hydrogen-bond donors (Lipinski definition) is 0. The van der Waals surface area contributed by atoms with Gasteiger partial charge in [0.05, 0.1) is 5.92 Å². The van der Waals surface area contributed by atoms with Crippen LogP contribution in [0.5, 0.6) is 0 Å². The highest BCUT2D eigenvalue weighted by Gasteiger charge is 2.49. The Labute approximate surface area is 146 Å². The zero-order valence-corrected chi connectivity index (χ0v) is 14.6. The molecule has 2 heterocycles. The van der Waals surface area contributed by atoms with Gasteiger partial charge in [0.2, 0.25) is 5.91 Å². The van der Waals surface area contributed by atoms with Crippen molar-refractivity contribution in [2.45, 2.75) is 32.1 Å². The predicted molar refractivity (Wildman–Crippen MR) is 93.1 cm³/mol. The highest BCUT2D eigenvalue weighted by Crippen LogP contribution is 2.51. The molecule has 0 N–H and O–H groups in total. The average Bonchev–Trinajstić information content (AvgIpc) is 3.25. The van der Waals surface area contributed by atoms with Gasteiger partial charge in [0, 0.05) is 35.4 Å². The SMILES string of the molecule is Cc1cc(C)nc(C2CN(C(=O)[C@@H]3C[C@H]3c3ccccc3Cl)C2)n1. The maximum Gasteiger partial charge on any atom is 0.226 e. The Hall–Kier alpha value is -1.94. The third-order valence-corrected chi connectivity index (χ3v) is 5.31. The normalized spacial score (nSPS) is 23.0. The number of aryl methyl sites for hydroxylation is 2. The van der Waals surface area contributed by atoms with Gasteiger partial charge in [-0.25, -0.2) is 9.97 Å². The highest BCUT2D eigenvalue weighted by molar-refractivity contribution is 6.31. The van der Waals surface area contributed by atoms with Crippen molar-refractivity contribution in [2.75, 3.05) is 13.1 Å². The fourth-order valence-corrected chi connectivity index (χ4v) is 3.86. The van der Waals surface area contributed by atoms with Crippen molar-refractivity contribution in [3.63, 3.8) is 0 Å². The molecule has 1 aliphatic carbocycles. The molecule has 2 aliphatic rings. The Morgan fingerprint density at radius 2 is 1.83 bits per heavy atom. The first-order valence-corrected chi connectivity index (χ1v) is 8.76. The van der Waals surface area contributed by atoms with Gasteiger partial charge in [-0.1, -0.05) is 29.8 Å². The summed E-state index contributed by atoms with van der Waals surface area (Å²) in [4.78, 5) is 23.6. The zero-order valence-electron chi connectivity index (χ0n) is 13.9. The fraction of sp³-hybridized carbons (Fsp3) is 0.421. The van der Waals surface area contributed by atoms with Gasteiger partial charge in [-0.2, -0.15) is 0 Å². The molecule has 0 radical (unpaired) electrons. The van der Waals surface area contributed by atoms with E-state index in [1.807, 2.05) is 49.1 Å². The van der Waals surface area contributed by atoms with Gasteiger partial charge < -0.3 is 4.90 Å². The summed E-state index contributed by atoms with van der Waals surface area (Å²) in [6, 6.07) is 9.81. The summed E-state index contributed by atoms with van der Waals surface area (Å²) in [5, 5.41) is 0.767. The van der Waals surface area contributed by atoms with Gasteiger partial charge in [0.25, 0.3) is 0 Å². The molecule has 2 aromatic rings. The van der Waals surface area contributed by atoms with Crippen LogP contribution in [0.15, 0.2) is 30.3 Å². The number of halogens is 1. The van der Waals surface area contributed by atoms with E-state index in [1.165, 1.54) is 0 Å². The monoisotopic (exact) mass is 341 g/mol. The molecule has 0 unspecified atom stereocenters. The van der Waals surface area contributed by atoms with Crippen molar-refractivity contribution in [2.24, 2.45) is 5.92 Å². The minimum absolute atomic E-state index is 0.0889. The van der Waals surface area contributed by atoms with Crippen LogP contribution in [0.1, 0.15) is 41.0 Å².